The van der Waals surface area contributed by atoms with Crippen molar-refractivity contribution in [1.82, 2.24) is 14.6 Å². The predicted molar refractivity (Wildman–Crippen MR) is 95.7 cm³/mol. The second-order valence-electron chi connectivity index (χ2n) is 7.35. The molecule has 1 aliphatic rings. The Morgan fingerprint density at radius 1 is 1.16 bits per heavy atom. The van der Waals surface area contributed by atoms with Gasteiger partial charge in [-0.2, -0.15) is 0 Å². The summed E-state index contributed by atoms with van der Waals surface area (Å²) in [7, 11) is 0. The van der Waals surface area contributed by atoms with E-state index in [2.05, 4.69) is 10.2 Å². The largest absolute Gasteiger partial charge is 0.393 e. The summed E-state index contributed by atoms with van der Waals surface area (Å²) in [4.78, 5) is 0. The second kappa shape index (κ2) is 5.53. The third-order valence-electron chi connectivity index (χ3n) is 5.09. The topological polar surface area (TPSA) is 70.7 Å². The summed E-state index contributed by atoms with van der Waals surface area (Å²) in [6.07, 6.45) is 2.72. The van der Waals surface area contributed by atoms with Crippen LogP contribution in [0.3, 0.4) is 0 Å². The van der Waals surface area contributed by atoms with Crippen LogP contribution in [0.2, 0.25) is 5.02 Å². The molecule has 0 bridgehead atoms. The lowest BCUT2D eigenvalue weighted by Gasteiger charge is -2.44. The Hall–Kier alpha value is -1.95. The van der Waals surface area contributed by atoms with Gasteiger partial charge in [0.15, 0.2) is 5.65 Å². The predicted octanol–water partition coefficient (Wildman–Crippen LogP) is 3.05. The summed E-state index contributed by atoms with van der Waals surface area (Å²) in [5.41, 5.74) is 1.01. The fourth-order valence-electron chi connectivity index (χ4n) is 3.78. The normalized spacial score (nSPS) is 23.6. The Morgan fingerprint density at radius 3 is 2.44 bits per heavy atom. The molecule has 4 rings (SSSR count). The quantitative estimate of drug-likeness (QED) is 0.755. The van der Waals surface area contributed by atoms with Crippen molar-refractivity contribution in [2.75, 3.05) is 0 Å². The molecule has 0 radical (unpaired) electrons. The molecule has 0 unspecified atom stereocenters. The van der Waals surface area contributed by atoms with E-state index in [1.165, 1.54) is 0 Å². The number of hydrogen-bond acceptors (Lipinski definition) is 4. The number of pyridine rings is 1. The molecule has 1 fully saturated rings. The first kappa shape index (κ1) is 16.5. The SMILES string of the molecule is CC(C)(O)c1cccn2c1nnc2[C@]1(c2ccc(Cl)cc2)C[C@@H](O)C1. The van der Waals surface area contributed by atoms with Crippen LogP contribution < -0.4 is 0 Å². The van der Waals surface area contributed by atoms with Crippen LogP contribution in [0.15, 0.2) is 42.6 Å². The summed E-state index contributed by atoms with van der Waals surface area (Å²) in [6, 6.07) is 11.4. The first-order chi connectivity index (χ1) is 11.8. The van der Waals surface area contributed by atoms with E-state index in [0.29, 0.717) is 23.5 Å². The molecular formula is C19H20ClN3O2. The van der Waals surface area contributed by atoms with Crippen LogP contribution in [-0.4, -0.2) is 30.9 Å². The molecule has 2 N–H and O–H groups in total. The van der Waals surface area contributed by atoms with Crippen LogP contribution in [0.25, 0.3) is 5.65 Å². The number of fused-ring (bicyclic) bond motifs is 1. The van der Waals surface area contributed by atoms with Crippen LogP contribution in [0.4, 0.5) is 0 Å². The molecular weight excluding hydrogens is 338 g/mol. The minimum absolute atomic E-state index is 0.361. The smallest absolute Gasteiger partial charge is 0.166 e. The van der Waals surface area contributed by atoms with E-state index >= 15 is 0 Å². The minimum Gasteiger partial charge on any atom is -0.393 e. The van der Waals surface area contributed by atoms with E-state index in [9.17, 15) is 10.2 Å². The van der Waals surface area contributed by atoms with Gasteiger partial charge in [0.25, 0.3) is 0 Å². The van der Waals surface area contributed by atoms with Gasteiger partial charge in [0, 0.05) is 16.8 Å². The number of aliphatic hydroxyl groups is 2. The third kappa shape index (κ3) is 2.54. The first-order valence-electron chi connectivity index (χ1n) is 8.32. The molecule has 25 heavy (non-hydrogen) atoms. The van der Waals surface area contributed by atoms with Gasteiger partial charge in [-0.1, -0.05) is 29.8 Å². The summed E-state index contributed by atoms with van der Waals surface area (Å²) >= 11 is 6.03. The van der Waals surface area contributed by atoms with Crippen molar-refractivity contribution >= 4 is 17.2 Å². The highest BCUT2D eigenvalue weighted by Crippen LogP contribution is 2.48. The molecule has 130 valence electrons. The number of aromatic nitrogens is 3. The number of halogens is 1. The van der Waals surface area contributed by atoms with Crippen LogP contribution in [-0.2, 0) is 11.0 Å². The zero-order chi connectivity index (χ0) is 17.8. The van der Waals surface area contributed by atoms with Crippen LogP contribution in [0, 0.1) is 0 Å². The average Bonchev–Trinajstić information content (AvgIpc) is 2.95. The van der Waals surface area contributed by atoms with Gasteiger partial charge >= 0.3 is 0 Å². The maximum Gasteiger partial charge on any atom is 0.166 e. The maximum absolute atomic E-state index is 10.4. The van der Waals surface area contributed by atoms with Crippen molar-refractivity contribution in [3.8, 4) is 0 Å². The maximum atomic E-state index is 10.4. The standard InChI is InChI=1S/C19H20ClN3O2/c1-18(2,25)15-4-3-9-23-16(15)21-22-17(23)19(10-14(24)11-19)12-5-7-13(20)8-6-12/h3-9,14,24-25H,10-11H2,1-2H3/t14-,19-. The molecule has 0 spiro atoms. The van der Waals surface area contributed by atoms with Gasteiger partial charge in [0.1, 0.15) is 5.82 Å². The van der Waals surface area contributed by atoms with Gasteiger partial charge in [-0.3, -0.25) is 4.40 Å². The van der Waals surface area contributed by atoms with Gasteiger partial charge in [-0.15, -0.1) is 10.2 Å². The van der Waals surface area contributed by atoms with E-state index in [1.807, 2.05) is 47.0 Å². The highest BCUT2D eigenvalue weighted by atomic mass is 35.5. The molecule has 0 aliphatic heterocycles. The molecule has 0 saturated heterocycles. The molecule has 2 heterocycles. The third-order valence-corrected chi connectivity index (χ3v) is 5.34. The second-order valence-corrected chi connectivity index (χ2v) is 7.79. The first-order valence-corrected chi connectivity index (χ1v) is 8.70. The van der Waals surface area contributed by atoms with Crippen LogP contribution in [0.1, 0.15) is 43.6 Å². The van der Waals surface area contributed by atoms with E-state index < -0.39 is 11.0 Å². The summed E-state index contributed by atoms with van der Waals surface area (Å²) in [5, 5.41) is 29.9. The Morgan fingerprint density at radius 2 is 1.84 bits per heavy atom. The number of hydrogen-bond donors (Lipinski definition) is 2. The van der Waals surface area contributed by atoms with Gasteiger partial charge in [-0.25, -0.2) is 0 Å². The van der Waals surface area contributed by atoms with Crippen molar-refractivity contribution < 1.29 is 10.2 Å². The van der Waals surface area contributed by atoms with Gasteiger partial charge in [0.05, 0.1) is 17.1 Å². The molecule has 3 aromatic rings. The lowest BCUT2D eigenvalue weighted by molar-refractivity contribution is 0.0331. The molecule has 1 aliphatic carbocycles. The lowest BCUT2D eigenvalue weighted by atomic mass is 9.62. The van der Waals surface area contributed by atoms with E-state index in [0.717, 1.165) is 17.0 Å². The van der Waals surface area contributed by atoms with E-state index in [4.69, 9.17) is 11.6 Å². The fourth-order valence-corrected chi connectivity index (χ4v) is 3.91. The van der Waals surface area contributed by atoms with Gasteiger partial charge < -0.3 is 10.2 Å². The number of nitrogens with zero attached hydrogens (tertiary/aromatic N) is 3. The fraction of sp³-hybridized carbons (Fsp3) is 0.368. The van der Waals surface area contributed by atoms with Crippen molar-refractivity contribution in [2.45, 2.75) is 43.8 Å². The Bertz CT molecular complexity index is 922. The lowest BCUT2D eigenvalue weighted by Crippen LogP contribution is -2.46. The molecule has 0 amide bonds. The molecule has 5 nitrogen and oxygen atoms in total. The summed E-state index contributed by atoms with van der Waals surface area (Å²) in [5.74, 6) is 0.779. The number of rotatable bonds is 3. The van der Waals surface area contributed by atoms with Crippen molar-refractivity contribution in [3.05, 3.63) is 64.6 Å². The zero-order valence-corrected chi connectivity index (χ0v) is 14.9. The Balaban J connectivity index is 1.91. The molecule has 1 aromatic carbocycles. The Labute approximate surface area is 150 Å². The molecule has 0 atom stereocenters. The molecule has 1 saturated carbocycles. The minimum atomic E-state index is -1.01. The van der Waals surface area contributed by atoms with E-state index in [1.54, 1.807) is 13.8 Å². The molecule has 2 aromatic heterocycles. The summed E-state index contributed by atoms with van der Waals surface area (Å²) in [6.45, 7) is 3.47. The highest BCUT2D eigenvalue weighted by molar-refractivity contribution is 6.30. The summed E-state index contributed by atoms with van der Waals surface area (Å²) < 4.78 is 1.92. The monoisotopic (exact) mass is 357 g/mol. The van der Waals surface area contributed by atoms with Crippen LogP contribution in [0.5, 0.6) is 0 Å². The van der Waals surface area contributed by atoms with Crippen molar-refractivity contribution in [3.63, 3.8) is 0 Å². The van der Waals surface area contributed by atoms with Gasteiger partial charge in [0.2, 0.25) is 0 Å². The van der Waals surface area contributed by atoms with Crippen LogP contribution >= 0.6 is 11.6 Å². The number of benzene rings is 1. The van der Waals surface area contributed by atoms with Crippen molar-refractivity contribution in [2.24, 2.45) is 0 Å². The average molecular weight is 358 g/mol. The number of aliphatic hydroxyl groups excluding tert-OH is 1. The molecule has 6 heteroatoms. The zero-order valence-electron chi connectivity index (χ0n) is 14.1. The van der Waals surface area contributed by atoms with Gasteiger partial charge in [-0.05, 0) is 50.5 Å². The highest BCUT2D eigenvalue weighted by Gasteiger charge is 2.49. The Kier molecular flexibility index (Phi) is 3.65. The van der Waals surface area contributed by atoms with E-state index in [-0.39, 0.29) is 6.10 Å². The van der Waals surface area contributed by atoms with Crippen molar-refractivity contribution in [1.29, 1.82) is 0 Å².